The van der Waals surface area contributed by atoms with E-state index in [1.807, 2.05) is 13.0 Å². The minimum atomic E-state index is -4.21. The van der Waals surface area contributed by atoms with Gasteiger partial charge in [0.25, 0.3) is 10.0 Å². The van der Waals surface area contributed by atoms with Crippen LogP contribution in [0.15, 0.2) is 47.5 Å². The van der Waals surface area contributed by atoms with Gasteiger partial charge in [-0.25, -0.2) is 8.42 Å². The molecule has 2 aromatic carbocycles. The first-order chi connectivity index (χ1) is 12.7. The van der Waals surface area contributed by atoms with Crippen LogP contribution in [0.1, 0.15) is 12.5 Å². The lowest BCUT2D eigenvalue weighted by molar-refractivity contribution is -0.135. The van der Waals surface area contributed by atoms with Crippen LogP contribution < -0.4 is 4.31 Å². The van der Waals surface area contributed by atoms with Gasteiger partial charge in [0.15, 0.2) is 0 Å². The Morgan fingerprint density at radius 3 is 2.41 bits per heavy atom. The number of sulfonamides is 1. The summed E-state index contributed by atoms with van der Waals surface area (Å²) in [4.78, 5) is 14.3. The van der Waals surface area contributed by atoms with Gasteiger partial charge in [0, 0.05) is 27.1 Å². The second-order valence-electron chi connectivity index (χ2n) is 5.91. The highest BCUT2D eigenvalue weighted by atomic mass is 35.5. The van der Waals surface area contributed by atoms with Crippen molar-refractivity contribution in [1.82, 2.24) is 4.98 Å². The van der Waals surface area contributed by atoms with Crippen LogP contribution in [0, 0.1) is 0 Å². The quantitative estimate of drug-likeness (QED) is 0.613. The molecular formula is C18H16Cl2N2O4S. The standard InChI is InChI=1S/C18H16Cl2N2O4S/c1-2-11-5-16-12(3-4-21-16)6-17(11)22(10-18(23)24)27(25,26)15-8-13(19)7-14(20)9-15/h3-9,21H,2,10H2,1H3,(H,23,24). The number of rotatable bonds is 6. The highest BCUT2D eigenvalue weighted by molar-refractivity contribution is 7.92. The Morgan fingerprint density at radius 2 is 1.81 bits per heavy atom. The van der Waals surface area contributed by atoms with Crippen molar-refractivity contribution in [1.29, 1.82) is 0 Å². The first-order valence-corrected chi connectivity index (χ1v) is 10.2. The van der Waals surface area contributed by atoms with Crippen LogP contribution in [0.5, 0.6) is 0 Å². The monoisotopic (exact) mass is 426 g/mol. The number of aromatic nitrogens is 1. The molecule has 0 aliphatic rings. The summed E-state index contributed by atoms with van der Waals surface area (Å²) in [5.41, 5.74) is 1.85. The average molecular weight is 427 g/mol. The van der Waals surface area contributed by atoms with Gasteiger partial charge in [-0.3, -0.25) is 9.10 Å². The number of fused-ring (bicyclic) bond motifs is 1. The molecule has 6 nitrogen and oxygen atoms in total. The zero-order valence-corrected chi connectivity index (χ0v) is 16.6. The molecule has 9 heteroatoms. The molecule has 0 bridgehead atoms. The van der Waals surface area contributed by atoms with E-state index in [0.29, 0.717) is 17.7 Å². The number of hydrogen-bond acceptors (Lipinski definition) is 3. The molecule has 0 radical (unpaired) electrons. The SMILES string of the molecule is CCc1cc2[nH]ccc2cc1N(CC(=O)O)S(=O)(=O)c1cc(Cl)cc(Cl)c1. The molecule has 0 saturated heterocycles. The third kappa shape index (κ3) is 3.90. The topological polar surface area (TPSA) is 90.5 Å². The van der Waals surface area contributed by atoms with E-state index in [-0.39, 0.29) is 14.9 Å². The number of nitrogens with one attached hydrogen (secondary N) is 1. The van der Waals surface area contributed by atoms with Crippen LogP contribution in [0.2, 0.25) is 10.0 Å². The van der Waals surface area contributed by atoms with E-state index < -0.39 is 22.5 Å². The van der Waals surface area contributed by atoms with Gasteiger partial charge in [0.1, 0.15) is 6.54 Å². The Hall–Kier alpha value is -2.22. The normalized spacial score (nSPS) is 11.7. The van der Waals surface area contributed by atoms with Gasteiger partial charge in [-0.05, 0) is 48.4 Å². The molecule has 0 aliphatic heterocycles. The van der Waals surface area contributed by atoms with E-state index in [2.05, 4.69) is 4.98 Å². The Balaban J connectivity index is 2.23. The van der Waals surface area contributed by atoms with E-state index in [0.717, 1.165) is 15.2 Å². The average Bonchev–Trinajstić information content (AvgIpc) is 3.04. The fourth-order valence-corrected chi connectivity index (χ4v) is 5.05. The highest BCUT2D eigenvalue weighted by Gasteiger charge is 2.29. The molecule has 2 N–H and O–H groups in total. The third-order valence-corrected chi connectivity index (χ3v) is 6.28. The number of aliphatic carboxylic acids is 1. The molecule has 3 rings (SSSR count). The number of halogens is 2. The lowest BCUT2D eigenvalue weighted by Crippen LogP contribution is -2.36. The molecular weight excluding hydrogens is 411 g/mol. The van der Waals surface area contributed by atoms with Gasteiger partial charge in [0.05, 0.1) is 10.6 Å². The van der Waals surface area contributed by atoms with Crippen molar-refractivity contribution in [2.24, 2.45) is 0 Å². The molecule has 0 aliphatic carbocycles. The van der Waals surface area contributed by atoms with Crippen molar-refractivity contribution in [2.45, 2.75) is 18.2 Å². The molecule has 0 saturated carbocycles. The van der Waals surface area contributed by atoms with Gasteiger partial charge >= 0.3 is 5.97 Å². The van der Waals surface area contributed by atoms with Crippen molar-refractivity contribution in [3.63, 3.8) is 0 Å². The number of carboxylic acids is 1. The number of aryl methyl sites for hydroxylation is 1. The minimum Gasteiger partial charge on any atom is -0.480 e. The first-order valence-electron chi connectivity index (χ1n) is 8.03. The lowest BCUT2D eigenvalue weighted by Gasteiger charge is -2.25. The van der Waals surface area contributed by atoms with Gasteiger partial charge in [0.2, 0.25) is 0 Å². The molecule has 0 atom stereocenters. The molecule has 3 aromatic rings. The molecule has 1 heterocycles. The van der Waals surface area contributed by atoms with E-state index >= 15 is 0 Å². The Kier molecular flexibility index (Phi) is 5.37. The molecule has 0 spiro atoms. The summed E-state index contributed by atoms with van der Waals surface area (Å²) in [6.07, 6.45) is 2.26. The number of carbonyl (C=O) groups is 1. The number of nitrogens with zero attached hydrogens (tertiary/aromatic N) is 1. The summed E-state index contributed by atoms with van der Waals surface area (Å²) in [5.74, 6) is -1.28. The van der Waals surface area contributed by atoms with Crippen LogP contribution in [0.25, 0.3) is 10.9 Å². The number of aromatic amines is 1. The van der Waals surface area contributed by atoms with Crippen LogP contribution in [-0.2, 0) is 21.2 Å². The Morgan fingerprint density at radius 1 is 1.15 bits per heavy atom. The molecule has 1 aromatic heterocycles. The molecule has 0 unspecified atom stereocenters. The smallest absolute Gasteiger partial charge is 0.324 e. The van der Waals surface area contributed by atoms with Crippen molar-refractivity contribution in [3.05, 3.63) is 58.2 Å². The molecule has 27 heavy (non-hydrogen) atoms. The van der Waals surface area contributed by atoms with Gasteiger partial charge < -0.3 is 10.1 Å². The summed E-state index contributed by atoms with van der Waals surface area (Å²) >= 11 is 11.9. The largest absolute Gasteiger partial charge is 0.480 e. The van der Waals surface area contributed by atoms with Crippen molar-refractivity contribution >= 4 is 55.8 Å². The number of hydrogen-bond donors (Lipinski definition) is 2. The maximum absolute atomic E-state index is 13.3. The predicted molar refractivity (Wildman–Crippen MR) is 106 cm³/mol. The third-order valence-electron chi connectivity index (χ3n) is 4.11. The second-order valence-corrected chi connectivity index (χ2v) is 8.65. The Bertz CT molecular complexity index is 1110. The van der Waals surface area contributed by atoms with Gasteiger partial charge in [-0.1, -0.05) is 30.1 Å². The maximum atomic E-state index is 13.3. The predicted octanol–water partition coefficient (Wildman–Crippen LogP) is 4.32. The fourth-order valence-electron chi connectivity index (χ4n) is 2.88. The summed E-state index contributed by atoms with van der Waals surface area (Å²) in [6.45, 7) is 1.14. The summed E-state index contributed by atoms with van der Waals surface area (Å²) in [5, 5.41) is 10.4. The van der Waals surface area contributed by atoms with Crippen molar-refractivity contribution in [2.75, 3.05) is 10.8 Å². The zero-order valence-electron chi connectivity index (χ0n) is 14.2. The summed E-state index contributed by atoms with van der Waals surface area (Å²) in [7, 11) is -4.21. The summed E-state index contributed by atoms with van der Waals surface area (Å²) < 4.78 is 27.4. The summed E-state index contributed by atoms with van der Waals surface area (Å²) in [6, 6.07) is 9.18. The van der Waals surface area contributed by atoms with Crippen LogP contribution in [0.3, 0.4) is 0 Å². The fraction of sp³-hybridized carbons (Fsp3) is 0.167. The number of carboxylic acid groups (broad SMARTS) is 1. The van der Waals surface area contributed by atoms with Crippen molar-refractivity contribution in [3.8, 4) is 0 Å². The minimum absolute atomic E-state index is 0.146. The highest BCUT2D eigenvalue weighted by Crippen LogP contribution is 2.33. The van der Waals surface area contributed by atoms with Gasteiger partial charge in [-0.2, -0.15) is 0 Å². The molecule has 0 fully saturated rings. The number of H-pyrrole nitrogens is 1. The van der Waals surface area contributed by atoms with E-state index in [4.69, 9.17) is 23.2 Å². The second kappa shape index (κ2) is 7.42. The number of anilines is 1. The van der Waals surface area contributed by atoms with Crippen LogP contribution in [0.4, 0.5) is 5.69 Å². The Labute approximate surface area is 166 Å². The van der Waals surface area contributed by atoms with Gasteiger partial charge in [-0.15, -0.1) is 0 Å². The van der Waals surface area contributed by atoms with Crippen molar-refractivity contribution < 1.29 is 18.3 Å². The molecule has 142 valence electrons. The maximum Gasteiger partial charge on any atom is 0.324 e. The van der Waals surface area contributed by atoms with E-state index in [1.165, 1.54) is 18.2 Å². The molecule has 0 amide bonds. The zero-order chi connectivity index (χ0) is 19.8. The van der Waals surface area contributed by atoms with E-state index in [9.17, 15) is 18.3 Å². The number of benzene rings is 2. The van der Waals surface area contributed by atoms with Crippen LogP contribution in [-0.4, -0.2) is 31.0 Å². The van der Waals surface area contributed by atoms with E-state index in [1.54, 1.807) is 18.3 Å². The lowest BCUT2D eigenvalue weighted by atomic mass is 10.1. The van der Waals surface area contributed by atoms with Crippen LogP contribution >= 0.6 is 23.2 Å². The first kappa shape index (κ1) is 19.5.